The number of carbonyl (C=O) groups is 2. The van der Waals surface area contributed by atoms with Gasteiger partial charge in [-0.05, 0) is 55.7 Å². The van der Waals surface area contributed by atoms with Crippen LogP contribution in [0.1, 0.15) is 36.1 Å². The molecule has 0 bridgehead atoms. The topological polar surface area (TPSA) is 59.1 Å². The van der Waals surface area contributed by atoms with E-state index in [1.165, 1.54) is 10.5 Å². The highest BCUT2D eigenvalue weighted by molar-refractivity contribution is 6.22. The molecule has 0 saturated carbocycles. The molecule has 4 rings (SSSR count). The number of carbonyl (C=O) groups excluding carboxylic acids is 2. The Labute approximate surface area is 171 Å². The number of fused-ring (bicyclic) bond motifs is 1. The number of ether oxygens (including phenoxy) is 2. The molecular formula is C23H26N2O4. The predicted octanol–water partition coefficient (Wildman–Crippen LogP) is 3.26. The highest BCUT2D eigenvalue weighted by Crippen LogP contribution is 2.40. The summed E-state index contributed by atoms with van der Waals surface area (Å²) in [5, 5.41) is 0. The second kappa shape index (κ2) is 7.52. The zero-order valence-corrected chi connectivity index (χ0v) is 17.3. The lowest BCUT2D eigenvalue weighted by molar-refractivity contribution is -0.123. The van der Waals surface area contributed by atoms with E-state index in [4.69, 9.17) is 9.47 Å². The van der Waals surface area contributed by atoms with Gasteiger partial charge in [-0.25, -0.2) is 4.90 Å². The number of benzene rings is 2. The van der Waals surface area contributed by atoms with E-state index in [0.29, 0.717) is 17.2 Å². The van der Waals surface area contributed by atoms with E-state index in [1.807, 2.05) is 43.3 Å². The first-order valence-corrected chi connectivity index (χ1v) is 9.88. The molecule has 0 N–H and O–H groups in total. The zero-order valence-electron chi connectivity index (χ0n) is 17.3. The molecule has 0 aromatic heterocycles. The second-order valence-electron chi connectivity index (χ2n) is 7.69. The van der Waals surface area contributed by atoms with Gasteiger partial charge in [-0.3, -0.25) is 14.5 Å². The Balaban J connectivity index is 1.62. The molecule has 2 aromatic rings. The Morgan fingerprint density at radius 3 is 2.31 bits per heavy atom. The second-order valence-corrected chi connectivity index (χ2v) is 7.69. The molecule has 2 atom stereocenters. The van der Waals surface area contributed by atoms with Crippen molar-refractivity contribution in [3.05, 3.63) is 53.1 Å². The minimum Gasteiger partial charge on any atom is -0.493 e. The number of amides is 2. The van der Waals surface area contributed by atoms with Gasteiger partial charge in [-0.15, -0.1) is 0 Å². The number of rotatable bonds is 4. The molecular weight excluding hydrogens is 368 g/mol. The molecule has 0 radical (unpaired) electrons. The fourth-order valence-electron chi connectivity index (χ4n) is 4.43. The first kappa shape index (κ1) is 19.5. The summed E-state index contributed by atoms with van der Waals surface area (Å²) < 4.78 is 10.9. The molecule has 2 aliphatic rings. The molecule has 2 heterocycles. The Morgan fingerprint density at radius 2 is 1.66 bits per heavy atom. The van der Waals surface area contributed by atoms with E-state index in [2.05, 4.69) is 11.8 Å². The van der Waals surface area contributed by atoms with Crippen LogP contribution in [0.4, 0.5) is 5.69 Å². The monoisotopic (exact) mass is 394 g/mol. The number of hydrogen-bond acceptors (Lipinski definition) is 5. The van der Waals surface area contributed by atoms with Crippen LogP contribution in [-0.2, 0) is 16.0 Å². The summed E-state index contributed by atoms with van der Waals surface area (Å²) in [6, 6.07) is 11.1. The normalized spacial score (nSPS) is 22.0. The van der Waals surface area contributed by atoms with Crippen LogP contribution in [0.2, 0.25) is 0 Å². The molecule has 0 unspecified atom stereocenters. The third-order valence-electron chi connectivity index (χ3n) is 6.05. The summed E-state index contributed by atoms with van der Waals surface area (Å²) in [5.41, 5.74) is 4.04. The van der Waals surface area contributed by atoms with E-state index >= 15 is 0 Å². The molecule has 2 aliphatic heterocycles. The van der Waals surface area contributed by atoms with Crippen molar-refractivity contribution in [2.24, 2.45) is 0 Å². The van der Waals surface area contributed by atoms with Gasteiger partial charge in [0.15, 0.2) is 11.5 Å². The average Bonchev–Trinajstić information content (AvgIpc) is 3.02. The average molecular weight is 394 g/mol. The number of aryl methyl sites for hydroxylation is 1. The fourth-order valence-corrected chi connectivity index (χ4v) is 4.43. The van der Waals surface area contributed by atoms with Gasteiger partial charge in [-0.2, -0.15) is 0 Å². The largest absolute Gasteiger partial charge is 0.493 e. The summed E-state index contributed by atoms with van der Waals surface area (Å²) >= 11 is 0. The lowest BCUT2D eigenvalue weighted by atomic mass is 9.91. The van der Waals surface area contributed by atoms with E-state index in [1.54, 1.807) is 14.2 Å². The van der Waals surface area contributed by atoms with E-state index in [9.17, 15) is 9.59 Å². The van der Waals surface area contributed by atoms with E-state index in [0.717, 1.165) is 24.1 Å². The molecule has 6 heteroatoms. The van der Waals surface area contributed by atoms with Crippen LogP contribution in [0.3, 0.4) is 0 Å². The van der Waals surface area contributed by atoms with Gasteiger partial charge in [0, 0.05) is 12.6 Å². The maximum absolute atomic E-state index is 13.2. The number of hydrogen-bond donors (Lipinski definition) is 0. The Kier molecular flexibility index (Phi) is 5.04. The third kappa shape index (κ3) is 3.27. The number of methoxy groups -OCH3 is 2. The van der Waals surface area contributed by atoms with Crippen molar-refractivity contribution in [1.29, 1.82) is 0 Å². The van der Waals surface area contributed by atoms with Crippen molar-refractivity contribution in [2.75, 3.05) is 25.7 Å². The highest BCUT2D eigenvalue weighted by Gasteiger charge is 2.45. The predicted molar refractivity (Wildman–Crippen MR) is 110 cm³/mol. The van der Waals surface area contributed by atoms with Crippen molar-refractivity contribution in [3.63, 3.8) is 0 Å². The number of nitrogens with zero attached hydrogens (tertiary/aromatic N) is 2. The van der Waals surface area contributed by atoms with E-state index in [-0.39, 0.29) is 24.3 Å². The van der Waals surface area contributed by atoms with Gasteiger partial charge >= 0.3 is 0 Å². The van der Waals surface area contributed by atoms with Crippen LogP contribution >= 0.6 is 0 Å². The number of anilines is 1. The van der Waals surface area contributed by atoms with Crippen molar-refractivity contribution in [3.8, 4) is 11.5 Å². The van der Waals surface area contributed by atoms with Crippen LogP contribution in [0.25, 0.3) is 0 Å². The van der Waals surface area contributed by atoms with Gasteiger partial charge in [-0.1, -0.05) is 17.7 Å². The van der Waals surface area contributed by atoms with Gasteiger partial charge < -0.3 is 9.47 Å². The Bertz CT molecular complexity index is 954. The van der Waals surface area contributed by atoms with Crippen LogP contribution < -0.4 is 14.4 Å². The highest BCUT2D eigenvalue weighted by atomic mass is 16.5. The van der Waals surface area contributed by atoms with Crippen molar-refractivity contribution in [2.45, 2.75) is 38.8 Å². The molecule has 0 spiro atoms. The van der Waals surface area contributed by atoms with Crippen molar-refractivity contribution >= 4 is 17.5 Å². The van der Waals surface area contributed by atoms with Crippen LogP contribution in [0.15, 0.2) is 36.4 Å². The van der Waals surface area contributed by atoms with Crippen LogP contribution in [0, 0.1) is 6.92 Å². The molecule has 1 saturated heterocycles. The van der Waals surface area contributed by atoms with Gasteiger partial charge in [0.25, 0.3) is 5.91 Å². The molecule has 1 fully saturated rings. The minimum absolute atomic E-state index is 0.00160. The van der Waals surface area contributed by atoms with E-state index < -0.39 is 6.04 Å². The summed E-state index contributed by atoms with van der Waals surface area (Å²) in [7, 11) is 3.25. The third-order valence-corrected chi connectivity index (χ3v) is 6.05. The standard InChI is InChI=1S/C23H26N2O4/c1-14-5-7-17(8-6-14)25-22(26)13-19(23(25)27)24-10-9-16-11-20(28-3)21(29-4)12-18(16)15(24)2/h5-8,11-12,15,19H,9-10,13H2,1-4H3/t15-,19+/m1/s1. The number of imide groups is 1. The van der Waals surface area contributed by atoms with Crippen LogP contribution in [0.5, 0.6) is 11.5 Å². The summed E-state index contributed by atoms with van der Waals surface area (Å²) in [5.74, 6) is 1.10. The first-order chi connectivity index (χ1) is 13.9. The fraction of sp³-hybridized carbons (Fsp3) is 0.391. The Morgan fingerprint density at radius 1 is 1.00 bits per heavy atom. The molecule has 2 amide bonds. The molecule has 29 heavy (non-hydrogen) atoms. The van der Waals surface area contributed by atoms with Gasteiger partial charge in [0.1, 0.15) is 0 Å². The SMILES string of the molecule is COc1cc2c(cc1OC)[C@@H](C)N([C@H]1CC(=O)N(c3ccc(C)cc3)C1=O)CC2. The van der Waals surface area contributed by atoms with Crippen molar-refractivity contribution in [1.82, 2.24) is 4.90 Å². The lowest BCUT2D eigenvalue weighted by Crippen LogP contribution is -2.46. The molecule has 2 aromatic carbocycles. The maximum Gasteiger partial charge on any atom is 0.251 e. The maximum atomic E-state index is 13.2. The summed E-state index contributed by atoms with van der Waals surface area (Å²) in [6.45, 7) is 4.78. The molecule has 152 valence electrons. The Hall–Kier alpha value is -2.86. The molecule has 0 aliphatic carbocycles. The smallest absolute Gasteiger partial charge is 0.251 e. The van der Waals surface area contributed by atoms with Crippen molar-refractivity contribution < 1.29 is 19.1 Å². The first-order valence-electron chi connectivity index (χ1n) is 9.88. The quantitative estimate of drug-likeness (QED) is 0.745. The lowest BCUT2D eigenvalue weighted by Gasteiger charge is -2.38. The summed E-state index contributed by atoms with van der Waals surface area (Å²) in [6.07, 6.45) is 1.00. The summed E-state index contributed by atoms with van der Waals surface area (Å²) in [4.78, 5) is 29.4. The minimum atomic E-state index is -0.444. The van der Waals surface area contributed by atoms with Gasteiger partial charge in [0.05, 0.1) is 32.4 Å². The van der Waals surface area contributed by atoms with Crippen LogP contribution in [-0.4, -0.2) is 43.5 Å². The molecule has 6 nitrogen and oxygen atoms in total. The van der Waals surface area contributed by atoms with Gasteiger partial charge in [0.2, 0.25) is 5.91 Å². The zero-order chi connectivity index (χ0) is 20.7.